The van der Waals surface area contributed by atoms with Gasteiger partial charge in [0.25, 0.3) is 0 Å². The van der Waals surface area contributed by atoms with Crippen molar-refractivity contribution < 1.29 is 38.1 Å². The van der Waals surface area contributed by atoms with Gasteiger partial charge in [0.15, 0.2) is 0 Å². The molecule has 0 saturated carbocycles. The summed E-state index contributed by atoms with van der Waals surface area (Å²) in [5.74, 6) is 7.65. The lowest BCUT2D eigenvalue weighted by Gasteiger charge is -2.34. The Labute approximate surface area is 360 Å². The molecule has 4 amide bonds. The summed E-state index contributed by atoms with van der Waals surface area (Å²) >= 11 is 0. The molecule has 62 heavy (non-hydrogen) atoms. The normalized spacial score (nSPS) is 20.5. The number of ether oxygens (including phenoxy) is 4. The van der Waals surface area contributed by atoms with Gasteiger partial charge in [-0.1, -0.05) is 36.1 Å². The van der Waals surface area contributed by atoms with Crippen LogP contribution in [0.1, 0.15) is 86.2 Å². The Morgan fingerprint density at radius 1 is 0.629 bits per heavy atom. The van der Waals surface area contributed by atoms with Crippen LogP contribution in [0.4, 0.5) is 9.59 Å². The second-order valence-electron chi connectivity index (χ2n) is 16.3. The summed E-state index contributed by atoms with van der Waals surface area (Å²) in [5, 5.41) is 5.61. The lowest BCUT2D eigenvalue weighted by atomic mass is 9.90. The number of benzene rings is 2. The zero-order valence-electron chi connectivity index (χ0n) is 35.2. The number of amides is 4. The predicted octanol–water partition coefficient (Wildman–Crippen LogP) is 5.50. The van der Waals surface area contributed by atoms with Crippen LogP contribution in [0.25, 0.3) is 22.5 Å². The molecule has 16 nitrogen and oxygen atoms in total. The van der Waals surface area contributed by atoms with Crippen LogP contribution < -0.4 is 10.6 Å². The van der Waals surface area contributed by atoms with E-state index in [1.54, 1.807) is 12.4 Å². The highest BCUT2D eigenvalue weighted by Gasteiger charge is 2.41. The number of nitrogens with one attached hydrogen (secondary N) is 4. The molecule has 2 aromatic carbocycles. The Kier molecular flexibility index (Phi) is 13.5. The third-order valence-corrected chi connectivity index (χ3v) is 12.6. The topological polar surface area (TPSA) is 193 Å². The summed E-state index contributed by atoms with van der Waals surface area (Å²) in [7, 11) is 2.61. The van der Waals surface area contributed by atoms with Crippen molar-refractivity contribution in [2.45, 2.75) is 75.5 Å². The van der Waals surface area contributed by atoms with Crippen molar-refractivity contribution in [1.82, 2.24) is 40.4 Å². The molecule has 16 heteroatoms. The van der Waals surface area contributed by atoms with E-state index >= 15 is 0 Å². The number of aromatic amines is 2. The maximum Gasteiger partial charge on any atom is 0.407 e. The fourth-order valence-electron chi connectivity index (χ4n) is 9.14. The molecular formula is C46H54N8O8. The van der Waals surface area contributed by atoms with E-state index in [4.69, 9.17) is 28.9 Å². The highest BCUT2D eigenvalue weighted by atomic mass is 16.5. The van der Waals surface area contributed by atoms with Gasteiger partial charge in [-0.2, -0.15) is 0 Å². The van der Waals surface area contributed by atoms with Gasteiger partial charge in [-0.25, -0.2) is 19.6 Å². The van der Waals surface area contributed by atoms with Gasteiger partial charge >= 0.3 is 12.2 Å². The van der Waals surface area contributed by atoms with Gasteiger partial charge in [0.1, 0.15) is 23.7 Å². The van der Waals surface area contributed by atoms with Gasteiger partial charge < -0.3 is 49.3 Å². The highest BCUT2D eigenvalue weighted by Crippen LogP contribution is 2.35. The Morgan fingerprint density at radius 2 is 1.02 bits per heavy atom. The zero-order valence-corrected chi connectivity index (χ0v) is 35.2. The third-order valence-electron chi connectivity index (χ3n) is 12.6. The van der Waals surface area contributed by atoms with E-state index in [0.29, 0.717) is 76.8 Å². The molecule has 4 fully saturated rings. The molecule has 4 N–H and O–H groups in total. The van der Waals surface area contributed by atoms with E-state index in [-0.39, 0.29) is 35.7 Å². The Hall–Kier alpha value is -6.18. The minimum absolute atomic E-state index is 0.0305. The van der Waals surface area contributed by atoms with Crippen LogP contribution >= 0.6 is 0 Å². The van der Waals surface area contributed by atoms with Crippen LogP contribution in [0.5, 0.6) is 0 Å². The molecular weight excluding hydrogens is 793 g/mol. The number of methoxy groups -OCH3 is 2. The first kappa shape index (κ1) is 42.5. The van der Waals surface area contributed by atoms with Crippen LogP contribution in [0.15, 0.2) is 60.9 Å². The van der Waals surface area contributed by atoms with Crippen LogP contribution in [0, 0.1) is 23.7 Å². The van der Waals surface area contributed by atoms with E-state index in [2.05, 4.69) is 32.4 Å². The average Bonchev–Trinajstić information content (AvgIpc) is 4.17. The summed E-state index contributed by atoms with van der Waals surface area (Å²) in [6.07, 6.45) is 8.33. The predicted molar refractivity (Wildman–Crippen MR) is 227 cm³/mol. The number of imidazole rings is 2. The summed E-state index contributed by atoms with van der Waals surface area (Å²) < 4.78 is 20.7. The molecule has 0 bridgehead atoms. The van der Waals surface area contributed by atoms with Crippen LogP contribution in [0.3, 0.4) is 0 Å². The maximum atomic E-state index is 13.9. The van der Waals surface area contributed by atoms with Crippen LogP contribution in [0.2, 0.25) is 0 Å². The maximum absolute atomic E-state index is 13.9. The van der Waals surface area contributed by atoms with E-state index in [9.17, 15) is 19.2 Å². The standard InChI is InChI=1S/C46H54N8O8/c1-59-45(57)51-39(33-17-23-61-24-18-33)43(55)53-21-3-5-37(53)41-47-27-35(49-41)31-13-9-29(10-14-31)7-8-30-11-15-32(16-12-30)36-28-48-42(50-36)38-6-4-22-54(38)44(56)40(52-46(58)60-2)34-19-25-62-26-20-34/h9-16,27-28,33-34,37-40H,3-6,17-26H2,1-2H3,(H,47,49)(H,48,50)(H,51,57)(H,52,58)/t37-,38-,39-,40+/m1/s1. The molecule has 0 aliphatic carbocycles. The minimum Gasteiger partial charge on any atom is -0.453 e. The quantitative estimate of drug-likeness (QED) is 0.148. The number of likely N-dealkylation sites (tertiary alicyclic amines) is 2. The van der Waals surface area contributed by atoms with Crippen molar-refractivity contribution >= 4 is 24.0 Å². The molecule has 8 rings (SSSR count). The lowest BCUT2D eigenvalue weighted by molar-refractivity contribution is -0.137. The van der Waals surface area contributed by atoms with Crippen LogP contribution in [-0.2, 0) is 28.5 Å². The first-order valence-electron chi connectivity index (χ1n) is 21.6. The third kappa shape index (κ3) is 9.64. The summed E-state index contributed by atoms with van der Waals surface area (Å²) in [5.41, 5.74) is 5.29. The molecule has 4 atom stereocenters. The van der Waals surface area contributed by atoms with Gasteiger partial charge in [-0.05, 0) is 98.6 Å². The largest absolute Gasteiger partial charge is 0.453 e. The number of carbonyl (C=O) groups excluding carboxylic acids is 4. The number of carbonyl (C=O) groups is 4. The molecule has 4 saturated heterocycles. The lowest BCUT2D eigenvalue weighted by Crippen LogP contribution is -2.53. The molecule has 4 aliphatic heterocycles. The Morgan fingerprint density at radius 3 is 1.39 bits per heavy atom. The molecule has 0 radical (unpaired) electrons. The summed E-state index contributed by atoms with van der Waals surface area (Å²) in [6.45, 7) is 3.40. The number of H-pyrrole nitrogens is 2. The molecule has 4 aliphatic rings. The van der Waals surface area contributed by atoms with Crippen molar-refractivity contribution in [2.75, 3.05) is 53.7 Å². The van der Waals surface area contributed by atoms with Crippen molar-refractivity contribution in [3.05, 3.63) is 83.7 Å². The van der Waals surface area contributed by atoms with Crippen molar-refractivity contribution in [3.63, 3.8) is 0 Å². The van der Waals surface area contributed by atoms with E-state index in [1.165, 1.54) is 14.2 Å². The molecule has 0 unspecified atom stereocenters. The SMILES string of the molecule is COC(=O)N[C@H](C(=O)N1CCC[C@@H]1c1ncc(-c2ccc(C#Cc3ccc(-c4cnc([C@H]5CCCN5C(=O)[C@H](NC(=O)OC)C5CCOCC5)[nH]4)cc3)cc2)[nH]1)C1CCOCC1. The van der Waals surface area contributed by atoms with Gasteiger partial charge in [0, 0.05) is 50.6 Å². The summed E-state index contributed by atoms with van der Waals surface area (Å²) in [6, 6.07) is 14.1. The second-order valence-corrected chi connectivity index (χ2v) is 16.3. The highest BCUT2D eigenvalue weighted by molar-refractivity contribution is 5.87. The van der Waals surface area contributed by atoms with Gasteiger partial charge in [0.2, 0.25) is 11.8 Å². The Bertz CT molecular complexity index is 2100. The van der Waals surface area contributed by atoms with E-state index in [1.807, 2.05) is 58.3 Å². The average molecular weight is 847 g/mol. The number of hydrogen-bond donors (Lipinski definition) is 4. The first-order valence-corrected chi connectivity index (χ1v) is 21.6. The second kappa shape index (κ2) is 19.7. The van der Waals surface area contributed by atoms with Gasteiger partial charge in [-0.3, -0.25) is 9.59 Å². The monoisotopic (exact) mass is 846 g/mol. The van der Waals surface area contributed by atoms with Crippen molar-refractivity contribution in [1.29, 1.82) is 0 Å². The van der Waals surface area contributed by atoms with E-state index in [0.717, 1.165) is 59.3 Å². The number of aromatic nitrogens is 4. The zero-order chi connectivity index (χ0) is 43.0. The van der Waals surface area contributed by atoms with Crippen molar-refractivity contribution in [3.8, 4) is 34.4 Å². The molecule has 2 aromatic heterocycles. The number of alkyl carbamates (subject to hydrolysis) is 2. The van der Waals surface area contributed by atoms with Gasteiger partial charge in [-0.15, -0.1) is 0 Å². The van der Waals surface area contributed by atoms with E-state index < -0.39 is 24.3 Å². The Balaban J connectivity index is 0.888. The van der Waals surface area contributed by atoms with Crippen molar-refractivity contribution in [2.24, 2.45) is 11.8 Å². The molecule has 326 valence electrons. The van der Waals surface area contributed by atoms with Crippen LogP contribution in [-0.4, -0.2) is 120 Å². The number of hydrogen-bond acceptors (Lipinski definition) is 10. The number of nitrogens with zero attached hydrogens (tertiary/aromatic N) is 4. The smallest absolute Gasteiger partial charge is 0.407 e. The van der Waals surface area contributed by atoms with Gasteiger partial charge in [0.05, 0.1) is 50.1 Å². The minimum atomic E-state index is -0.688. The first-order chi connectivity index (χ1) is 30.3. The molecule has 4 aromatic rings. The fourth-order valence-corrected chi connectivity index (χ4v) is 9.14. The fraction of sp³-hybridized carbons (Fsp3) is 0.478. The molecule has 0 spiro atoms. The number of rotatable bonds is 10. The summed E-state index contributed by atoms with van der Waals surface area (Å²) in [4.78, 5) is 72.3. The molecule has 6 heterocycles.